The Bertz CT molecular complexity index is 594. The van der Waals surface area contributed by atoms with Crippen molar-refractivity contribution < 1.29 is 24.5 Å². The molecule has 9 heteroatoms. The predicted molar refractivity (Wildman–Crippen MR) is 87.9 cm³/mol. The average Bonchev–Trinajstić information content (AvgIpc) is 2.82. The maximum absolute atomic E-state index is 12.3. The highest BCUT2D eigenvalue weighted by Crippen LogP contribution is 2.49. The minimum Gasteiger partial charge on any atom is -0.477 e. The average molecular weight is 355 g/mol. The van der Waals surface area contributed by atoms with Gasteiger partial charge in [0, 0.05) is 29.7 Å². The first-order chi connectivity index (χ1) is 11.5. The predicted octanol–water partition coefficient (Wildman–Crippen LogP) is -0.366. The molecule has 1 amide bonds. The number of hydrogen-bond donors (Lipinski definition) is 4. The number of carboxylic acids is 1. The number of carbonyl (C=O) groups excluding carboxylic acids is 1. The van der Waals surface area contributed by atoms with E-state index in [0.29, 0.717) is 25.1 Å². The number of ether oxygens (including phenoxy) is 1. The van der Waals surface area contributed by atoms with E-state index in [4.69, 9.17) is 10.1 Å². The van der Waals surface area contributed by atoms with Gasteiger partial charge in [-0.1, -0.05) is 0 Å². The van der Waals surface area contributed by atoms with E-state index in [1.54, 1.807) is 18.7 Å². The highest BCUT2D eigenvalue weighted by molar-refractivity contribution is 8.00. The lowest BCUT2D eigenvalue weighted by Crippen LogP contribution is -2.65. The zero-order valence-corrected chi connectivity index (χ0v) is 14.1. The smallest absolute Gasteiger partial charge is 0.352 e. The molecule has 0 aromatic carbocycles. The number of β-lactam (4-membered cyclic amide) rings is 1. The Hall–Kier alpha value is -1.58. The summed E-state index contributed by atoms with van der Waals surface area (Å²) in [7, 11) is 0. The first-order valence-electron chi connectivity index (χ1n) is 7.93. The minimum atomic E-state index is -1.12. The minimum absolute atomic E-state index is 0.0316. The summed E-state index contributed by atoms with van der Waals surface area (Å²) in [5.41, 5.74) is 0.694. The third-order valence-corrected chi connectivity index (χ3v) is 6.07. The molecule has 0 aromatic rings. The molecule has 132 valence electrons. The van der Waals surface area contributed by atoms with Gasteiger partial charge < -0.3 is 20.3 Å². The van der Waals surface area contributed by atoms with E-state index in [9.17, 15) is 19.8 Å². The van der Waals surface area contributed by atoms with Crippen LogP contribution in [-0.2, 0) is 14.3 Å². The molecule has 0 saturated carbocycles. The molecular formula is C15H21N3O5S. The number of aliphatic carboxylic acids is 1. The second kappa shape index (κ2) is 6.73. The zero-order valence-electron chi connectivity index (χ0n) is 13.3. The van der Waals surface area contributed by atoms with Gasteiger partial charge in [0.2, 0.25) is 5.91 Å². The van der Waals surface area contributed by atoms with Crippen LogP contribution in [0.25, 0.3) is 0 Å². The first-order valence-corrected chi connectivity index (χ1v) is 8.98. The Morgan fingerprint density at radius 3 is 3.00 bits per heavy atom. The summed E-state index contributed by atoms with van der Waals surface area (Å²) >= 11 is 1.61. The molecule has 0 aromatic heterocycles. The molecule has 3 heterocycles. The van der Waals surface area contributed by atoms with Crippen molar-refractivity contribution in [3.8, 4) is 0 Å². The van der Waals surface area contributed by atoms with E-state index in [1.165, 1.54) is 4.90 Å². The monoisotopic (exact) mass is 355 g/mol. The van der Waals surface area contributed by atoms with Crippen LogP contribution in [0.5, 0.6) is 0 Å². The Labute approximate surface area is 143 Å². The molecule has 0 spiro atoms. The van der Waals surface area contributed by atoms with Gasteiger partial charge in [-0.15, -0.1) is 0 Å². The van der Waals surface area contributed by atoms with Crippen molar-refractivity contribution in [1.82, 2.24) is 10.2 Å². The van der Waals surface area contributed by atoms with Crippen LogP contribution in [0.15, 0.2) is 11.3 Å². The van der Waals surface area contributed by atoms with Crippen LogP contribution in [0.4, 0.5) is 0 Å². The molecule has 3 rings (SSSR count). The molecule has 8 nitrogen and oxygen atoms in total. The summed E-state index contributed by atoms with van der Waals surface area (Å²) in [4.78, 5) is 25.4. The summed E-state index contributed by atoms with van der Waals surface area (Å²) in [5.74, 6) is -1.34. The van der Waals surface area contributed by atoms with Crippen LogP contribution in [0.2, 0.25) is 0 Å². The molecule has 2 saturated heterocycles. The second-order valence-corrected chi connectivity index (χ2v) is 7.42. The molecule has 24 heavy (non-hydrogen) atoms. The zero-order chi connectivity index (χ0) is 17.4. The molecule has 5 atom stereocenters. The number of aliphatic hydroxyl groups is 1. The van der Waals surface area contributed by atoms with Gasteiger partial charge in [0.05, 0.1) is 24.4 Å². The van der Waals surface area contributed by atoms with Crippen LogP contribution in [-0.4, -0.2) is 75.7 Å². The Morgan fingerprint density at radius 2 is 2.38 bits per heavy atom. The van der Waals surface area contributed by atoms with Crippen molar-refractivity contribution >= 4 is 30.0 Å². The fraction of sp³-hybridized carbons (Fsp3) is 0.667. The molecule has 2 fully saturated rings. The molecule has 0 aliphatic carbocycles. The van der Waals surface area contributed by atoms with E-state index in [1.807, 2.05) is 0 Å². The fourth-order valence-corrected chi connectivity index (χ4v) is 4.99. The van der Waals surface area contributed by atoms with Crippen LogP contribution in [0, 0.1) is 11.3 Å². The van der Waals surface area contributed by atoms with Crippen molar-refractivity contribution in [1.29, 1.82) is 5.41 Å². The second-order valence-electron chi connectivity index (χ2n) is 6.11. The third-order valence-electron chi connectivity index (χ3n) is 4.73. The maximum atomic E-state index is 12.3. The van der Waals surface area contributed by atoms with Crippen LogP contribution in [0.3, 0.4) is 0 Å². The number of carbonyl (C=O) groups is 2. The molecule has 3 aliphatic rings. The van der Waals surface area contributed by atoms with Crippen molar-refractivity contribution in [2.24, 2.45) is 5.92 Å². The van der Waals surface area contributed by atoms with Gasteiger partial charge in [0.1, 0.15) is 11.8 Å². The normalized spacial score (nSPS) is 32.8. The van der Waals surface area contributed by atoms with Crippen LogP contribution >= 0.6 is 11.8 Å². The maximum Gasteiger partial charge on any atom is 0.352 e. The number of aliphatic hydroxyl groups excluding tert-OH is 1. The number of rotatable bonds is 7. The summed E-state index contributed by atoms with van der Waals surface area (Å²) in [6.07, 6.45) is 0.534. The lowest BCUT2D eigenvalue weighted by molar-refractivity contribution is -0.168. The highest BCUT2D eigenvalue weighted by Gasteiger charge is 2.63. The van der Waals surface area contributed by atoms with Crippen molar-refractivity contribution in [3.05, 3.63) is 11.3 Å². The number of carboxylic acid groups (broad SMARTS) is 1. The summed E-state index contributed by atoms with van der Waals surface area (Å²) in [6, 6.07) is -0.415. The number of nitrogens with zero attached hydrogens (tertiary/aromatic N) is 1. The molecular weight excluding hydrogens is 334 g/mol. The van der Waals surface area contributed by atoms with Crippen LogP contribution < -0.4 is 5.32 Å². The standard InChI is InChI=1S/C15H21N3O5S/c1-7(19)9-11-13-10(12(15(21)22)18(11)14(9)20)8(2-4-23-13)24-5-3-17-6-16/h6-9,11,13,19H,2-5H2,1H3,(H2,16,17)(H,21,22)/t7-,8+,9-,11+,13+/m1/s1. The summed E-state index contributed by atoms with van der Waals surface area (Å²) in [5, 5.41) is 29.2. The van der Waals surface area contributed by atoms with Crippen molar-refractivity contribution in [2.75, 3.05) is 18.9 Å². The van der Waals surface area contributed by atoms with Gasteiger partial charge in [0.15, 0.2) is 0 Å². The van der Waals surface area contributed by atoms with E-state index in [0.717, 1.165) is 12.1 Å². The topological polar surface area (TPSA) is 123 Å². The van der Waals surface area contributed by atoms with E-state index >= 15 is 0 Å². The molecule has 3 aliphatic heterocycles. The molecule has 4 N–H and O–H groups in total. The quantitative estimate of drug-likeness (QED) is 0.213. The first kappa shape index (κ1) is 17.2. The van der Waals surface area contributed by atoms with Crippen LogP contribution in [0.1, 0.15) is 13.3 Å². The van der Waals surface area contributed by atoms with Gasteiger partial charge in [-0.25, -0.2) is 4.79 Å². The van der Waals surface area contributed by atoms with E-state index < -0.39 is 30.1 Å². The van der Waals surface area contributed by atoms with Gasteiger partial charge in [-0.05, 0) is 13.3 Å². The molecule has 0 bridgehead atoms. The third kappa shape index (κ3) is 2.60. The van der Waals surface area contributed by atoms with Gasteiger partial charge in [0.25, 0.3) is 0 Å². The largest absolute Gasteiger partial charge is 0.477 e. The number of fused-ring (bicyclic) bond motifs is 3. The highest BCUT2D eigenvalue weighted by atomic mass is 32.2. The Balaban J connectivity index is 1.86. The SMILES string of the molecule is C[C@@H](O)[C@H]1C(=O)N2C(C(=O)O)=C3[C@@H](SCCNC=N)CCO[C@@H]3[C@H]12. The van der Waals surface area contributed by atoms with E-state index in [2.05, 4.69) is 5.32 Å². The van der Waals surface area contributed by atoms with Gasteiger partial charge >= 0.3 is 5.97 Å². The number of nitrogens with one attached hydrogen (secondary N) is 2. The van der Waals surface area contributed by atoms with Gasteiger partial charge in [-0.3, -0.25) is 15.1 Å². The van der Waals surface area contributed by atoms with Gasteiger partial charge in [-0.2, -0.15) is 11.8 Å². The lowest BCUT2D eigenvalue weighted by Gasteiger charge is -2.47. The van der Waals surface area contributed by atoms with Crippen molar-refractivity contribution in [2.45, 2.75) is 36.8 Å². The molecule has 0 unspecified atom stereocenters. The number of hydrogen-bond acceptors (Lipinski definition) is 6. The lowest BCUT2D eigenvalue weighted by atomic mass is 9.80. The summed E-state index contributed by atoms with van der Waals surface area (Å²) in [6.45, 7) is 2.67. The number of thioether (sulfide) groups is 1. The summed E-state index contributed by atoms with van der Waals surface area (Å²) < 4.78 is 5.81. The Morgan fingerprint density at radius 1 is 1.62 bits per heavy atom. The van der Waals surface area contributed by atoms with E-state index in [-0.39, 0.29) is 16.9 Å². The fourth-order valence-electron chi connectivity index (χ4n) is 3.78. The van der Waals surface area contributed by atoms with Crippen molar-refractivity contribution in [3.63, 3.8) is 0 Å². The Kier molecular flexibility index (Phi) is 4.84. The number of amides is 1. The molecule has 0 radical (unpaired) electrons.